The molecule has 0 saturated heterocycles. The molecule has 2 aromatic carbocycles. The Bertz CT molecular complexity index is 948. The highest BCUT2D eigenvalue weighted by atomic mass is 35.5. The third-order valence-corrected chi connectivity index (χ3v) is 4.04. The molecule has 3 nitrogen and oxygen atoms in total. The van der Waals surface area contributed by atoms with Crippen LogP contribution in [0.5, 0.6) is 5.75 Å². The lowest BCUT2D eigenvalue weighted by Crippen LogP contribution is -1.98. The molecule has 1 aromatic heterocycles. The van der Waals surface area contributed by atoms with Crippen molar-refractivity contribution in [3.8, 4) is 5.75 Å². The summed E-state index contributed by atoms with van der Waals surface area (Å²) in [6.45, 7) is 2.02. The summed E-state index contributed by atoms with van der Waals surface area (Å²) in [6.07, 6.45) is 3.17. The van der Waals surface area contributed by atoms with Crippen molar-refractivity contribution in [2.45, 2.75) is 6.92 Å². The number of nitrogens with zero attached hydrogens (tertiary/aromatic N) is 1. The maximum atomic E-state index is 12.4. The van der Waals surface area contributed by atoms with Crippen LogP contribution in [0.1, 0.15) is 21.5 Å². The first-order valence-electron chi connectivity index (χ1n) is 7.51. The third kappa shape index (κ3) is 3.31. The molecule has 120 valence electrons. The molecule has 24 heavy (non-hydrogen) atoms. The van der Waals surface area contributed by atoms with E-state index in [9.17, 15) is 4.79 Å². The van der Waals surface area contributed by atoms with Crippen LogP contribution in [0.3, 0.4) is 0 Å². The average molecular weight is 338 g/mol. The molecule has 4 heteroatoms. The van der Waals surface area contributed by atoms with Gasteiger partial charge in [0.2, 0.25) is 0 Å². The van der Waals surface area contributed by atoms with Crippen LogP contribution in [0.15, 0.2) is 54.6 Å². The van der Waals surface area contributed by atoms with Crippen molar-refractivity contribution in [1.29, 1.82) is 0 Å². The van der Waals surface area contributed by atoms with Crippen molar-refractivity contribution in [2.75, 3.05) is 7.11 Å². The minimum atomic E-state index is -0.146. The van der Waals surface area contributed by atoms with E-state index in [0.29, 0.717) is 22.0 Å². The zero-order chi connectivity index (χ0) is 17.1. The number of aromatic nitrogens is 1. The quantitative estimate of drug-likeness (QED) is 0.377. The number of rotatable bonds is 4. The third-order valence-electron chi connectivity index (χ3n) is 3.74. The molecule has 0 N–H and O–H groups in total. The number of halogens is 1. The number of ketones is 1. The van der Waals surface area contributed by atoms with Crippen LogP contribution in [0.2, 0.25) is 5.15 Å². The van der Waals surface area contributed by atoms with Crippen molar-refractivity contribution in [1.82, 2.24) is 4.98 Å². The number of fused-ring (bicyclic) bond motifs is 1. The molecule has 0 amide bonds. The van der Waals surface area contributed by atoms with Crippen molar-refractivity contribution < 1.29 is 9.53 Å². The lowest BCUT2D eigenvalue weighted by Gasteiger charge is -2.05. The number of aryl methyl sites for hydroxylation is 1. The van der Waals surface area contributed by atoms with Crippen molar-refractivity contribution in [3.05, 3.63) is 76.5 Å². The van der Waals surface area contributed by atoms with Gasteiger partial charge in [0, 0.05) is 10.9 Å². The number of pyridine rings is 1. The van der Waals surface area contributed by atoms with Gasteiger partial charge in [0.15, 0.2) is 5.78 Å². The zero-order valence-corrected chi connectivity index (χ0v) is 14.2. The predicted molar refractivity (Wildman–Crippen MR) is 97.8 cm³/mol. The normalized spacial score (nSPS) is 11.1. The highest BCUT2D eigenvalue weighted by molar-refractivity contribution is 6.31. The first kappa shape index (κ1) is 16.2. The molecule has 0 radical (unpaired) electrons. The van der Waals surface area contributed by atoms with E-state index >= 15 is 0 Å². The Morgan fingerprint density at radius 3 is 2.75 bits per heavy atom. The van der Waals surface area contributed by atoms with Crippen LogP contribution >= 0.6 is 11.6 Å². The summed E-state index contributed by atoms with van der Waals surface area (Å²) in [5.41, 5.74) is 3.19. The van der Waals surface area contributed by atoms with Gasteiger partial charge in [-0.25, -0.2) is 4.98 Å². The molecule has 0 bridgehead atoms. The van der Waals surface area contributed by atoms with E-state index in [2.05, 4.69) is 4.98 Å². The number of allylic oxidation sites excluding steroid dienone is 1. The van der Waals surface area contributed by atoms with Gasteiger partial charge < -0.3 is 4.74 Å². The molecule has 0 saturated carbocycles. The lowest BCUT2D eigenvalue weighted by atomic mass is 10.1. The predicted octanol–water partition coefficient (Wildman–Crippen LogP) is 5.10. The summed E-state index contributed by atoms with van der Waals surface area (Å²) in [5.74, 6) is 0.401. The molecule has 0 unspecified atom stereocenters. The zero-order valence-electron chi connectivity index (χ0n) is 13.4. The van der Waals surface area contributed by atoms with E-state index < -0.39 is 0 Å². The van der Waals surface area contributed by atoms with E-state index in [0.717, 1.165) is 16.5 Å². The van der Waals surface area contributed by atoms with Gasteiger partial charge in [-0.1, -0.05) is 35.4 Å². The summed E-state index contributed by atoms with van der Waals surface area (Å²) < 4.78 is 5.22. The fraction of sp³-hybridized carbons (Fsp3) is 0.100. The minimum absolute atomic E-state index is 0.146. The fourth-order valence-corrected chi connectivity index (χ4v) is 2.72. The number of benzene rings is 2. The molecule has 0 aliphatic rings. The van der Waals surface area contributed by atoms with Crippen molar-refractivity contribution in [2.24, 2.45) is 0 Å². The molecular weight excluding hydrogens is 322 g/mol. The van der Waals surface area contributed by atoms with Gasteiger partial charge >= 0.3 is 0 Å². The van der Waals surface area contributed by atoms with E-state index in [1.807, 2.05) is 37.3 Å². The number of hydrogen-bond donors (Lipinski definition) is 0. The van der Waals surface area contributed by atoms with Crippen LogP contribution < -0.4 is 4.74 Å². The van der Waals surface area contributed by atoms with Gasteiger partial charge in [0.05, 0.1) is 18.2 Å². The van der Waals surface area contributed by atoms with Gasteiger partial charge in [-0.15, -0.1) is 0 Å². The molecule has 0 aliphatic heterocycles. The molecule has 1 heterocycles. The van der Waals surface area contributed by atoms with Gasteiger partial charge in [-0.05, 0) is 49.4 Å². The minimum Gasteiger partial charge on any atom is -0.496 e. The van der Waals surface area contributed by atoms with Crippen LogP contribution in [-0.2, 0) is 0 Å². The summed E-state index contributed by atoms with van der Waals surface area (Å²) in [5, 5.41) is 1.36. The lowest BCUT2D eigenvalue weighted by molar-refractivity contribution is 0.104. The average Bonchev–Trinajstić information content (AvgIpc) is 2.60. The molecule has 0 fully saturated rings. The molecular formula is C20H16ClNO2. The van der Waals surface area contributed by atoms with Gasteiger partial charge in [-0.3, -0.25) is 4.79 Å². The van der Waals surface area contributed by atoms with Crippen LogP contribution in [0.25, 0.3) is 17.0 Å². The number of hydrogen-bond acceptors (Lipinski definition) is 3. The highest BCUT2D eigenvalue weighted by Gasteiger charge is 2.09. The Morgan fingerprint density at radius 2 is 1.96 bits per heavy atom. The Kier molecular flexibility index (Phi) is 4.63. The van der Waals surface area contributed by atoms with Gasteiger partial charge in [-0.2, -0.15) is 0 Å². The number of para-hydroxylation sites is 1. The van der Waals surface area contributed by atoms with E-state index in [-0.39, 0.29) is 5.78 Å². The second kappa shape index (κ2) is 6.85. The van der Waals surface area contributed by atoms with E-state index in [1.165, 1.54) is 6.08 Å². The monoisotopic (exact) mass is 337 g/mol. The second-order valence-corrected chi connectivity index (χ2v) is 5.82. The second-order valence-electron chi connectivity index (χ2n) is 5.46. The van der Waals surface area contributed by atoms with Crippen LogP contribution in [0, 0.1) is 6.92 Å². The van der Waals surface area contributed by atoms with Crippen LogP contribution in [-0.4, -0.2) is 17.9 Å². The molecule has 0 aliphatic carbocycles. The Labute approximate surface area is 145 Å². The molecule has 3 rings (SSSR count). The maximum Gasteiger partial charge on any atom is 0.189 e. The van der Waals surface area contributed by atoms with Gasteiger partial charge in [0.25, 0.3) is 0 Å². The SMILES string of the molecule is COc1ccccc1C(=O)C=Cc1cc2cc(C)ccc2nc1Cl. The summed E-state index contributed by atoms with van der Waals surface area (Å²) >= 11 is 6.23. The maximum absolute atomic E-state index is 12.4. The first-order chi connectivity index (χ1) is 11.6. The smallest absolute Gasteiger partial charge is 0.189 e. The van der Waals surface area contributed by atoms with E-state index in [1.54, 1.807) is 31.4 Å². The summed E-state index contributed by atoms with van der Waals surface area (Å²) in [7, 11) is 1.54. The first-order valence-corrected chi connectivity index (χ1v) is 7.88. The number of carbonyl (C=O) groups excluding carboxylic acids is 1. The van der Waals surface area contributed by atoms with E-state index in [4.69, 9.17) is 16.3 Å². The molecule has 0 atom stereocenters. The Balaban J connectivity index is 1.95. The Hall–Kier alpha value is -2.65. The molecule has 0 spiro atoms. The topological polar surface area (TPSA) is 39.2 Å². The largest absolute Gasteiger partial charge is 0.496 e. The summed E-state index contributed by atoms with van der Waals surface area (Å²) in [6, 6.07) is 15.0. The number of ether oxygens (including phenoxy) is 1. The summed E-state index contributed by atoms with van der Waals surface area (Å²) in [4.78, 5) is 16.8. The highest BCUT2D eigenvalue weighted by Crippen LogP contribution is 2.24. The van der Waals surface area contributed by atoms with Crippen molar-refractivity contribution >= 4 is 34.4 Å². The standard InChI is InChI=1S/C20H16ClNO2/c1-13-7-9-17-15(11-13)12-14(20(21)22-17)8-10-18(23)16-5-3-4-6-19(16)24-2/h3-12H,1-2H3. The van der Waals surface area contributed by atoms with Crippen LogP contribution in [0.4, 0.5) is 0 Å². The molecule has 3 aromatic rings. The van der Waals surface area contributed by atoms with Crippen molar-refractivity contribution in [3.63, 3.8) is 0 Å². The fourth-order valence-electron chi connectivity index (χ4n) is 2.51. The number of methoxy groups -OCH3 is 1. The number of carbonyl (C=O) groups is 1. The van der Waals surface area contributed by atoms with Gasteiger partial charge in [0.1, 0.15) is 10.9 Å². The Morgan fingerprint density at radius 1 is 1.17 bits per heavy atom.